The number of nitrogens with zero attached hydrogens (tertiary/aromatic N) is 3. The Morgan fingerprint density at radius 2 is 2.31 bits per heavy atom. The second-order valence-corrected chi connectivity index (χ2v) is 3.69. The Balaban J connectivity index is 2.31. The maximum Gasteiger partial charge on any atom is 0.255 e. The first-order valence-electron chi connectivity index (χ1n) is 5.06. The van der Waals surface area contributed by atoms with E-state index in [4.69, 9.17) is 5.73 Å². The molecule has 0 fully saturated rings. The molecular formula is C11H14N4O. The molecule has 0 saturated heterocycles. The predicted octanol–water partition coefficient (Wildman–Crippen LogP) is 0.0888. The summed E-state index contributed by atoms with van der Waals surface area (Å²) in [5.74, 6) is 0. The molecule has 2 aromatic heterocycles. The Kier molecular flexibility index (Phi) is 2.87. The lowest BCUT2D eigenvalue weighted by atomic mass is 10.2. The second-order valence-electron chi connectivity index (χ2n) is 3.69. The van der Waals surface area contributed by atoms with Crippen molar-refractivity contribution < 1.29 is 0 Å². The summed E-state index contributed by atoms with van der Waals surface area (Å²) in [6, 6.07) is 3.59. The monoisotopic (exact) mass is 218 g/mol. The van der Waals surface area contributed by atoms with Gasteiger partial charge < -0.3 is 10.3 Å². The van der Waals surface area contributed by atoms with Crippen LogP contribution in [-0.2, 0) is 20.1 Å². The summed E-state index contributed by atoms with van der Waals surface area (Å²) >= 11 is 0. The third-order valence-electron chi connectivity index (χ3n) is 2.43. The molecule has 84 valence electrons. The van der Waals surface area contributed by atoms with Crippen LogP contribution in [0, 0.1) is 0 Å². The van der Waals surface area contributed by atoms with Crippen LogP contribution < -0.4 is 11.3 Å². The van der Waals surface area contributed by atoms with E-state index in [1.165, 1.54) is 0 Å². The van der Waals surface area contributed by atoms with Gasteiger partial charge in [0.25, 0.3) is 5.56 Å². The van der Waals surface area contributed by atoms with E-state index in [1.807, 2.05) is 19.3 Å². The van der Waals surface area contributed by atoms with Crippen molar-refractivity contribution in [3.8, 4) is 0 Å². The van der Waals surface area contributed by atoms with Crippen molar-refractivity contribution in [2.75, 3.05) is 0 Å². The minimum absolute atomic E-state index is 0.0335. The van der Waals surface area contributed by atoms with Crippen LogP contribution in [0.15, 0.2) is 35.5 Å². The van der Waals surface area contributed by atoms with Crippen molar-refractivity contribution in [2.45, 2.75) is 13.1 Å². The number of nitrogens with two attached hydrogens (primary N) is 1. The van der Waals surface area contributed by atoms with E-state index in [0.29, 0.717) is 12.1 Å². The quantitative estimate of drug-likeness (QED) is 0.794. The molecule has 0 radical (unpaired) electrons. The van der Waals surface area contributed by atoms with Crippen LogP contribution in [0.3, 0.4) is 0 Å². The number of aryl methyl sites for hydroxylation is 1. The zero-order chi connectivity index (χ0) is 11.5. The van der Waals surface area contributed by atoms with Crippen LogP contribution in [0.5, 0.6) is 0 Å². The first kappa shape index (κ1) is 10.6. The summed E-state index contributed by atoms with van der Waals surface area (Å²) in [5, 5.41) is 4.06. The normalized spacial score (nSPS) is 10.6. The van der Waals surface area contributed by atoms with Crippen LogP contribution in [0.25, 0.3) is 0 Å². The van der Waals surface area contributed by atoms with E-state index in [1.54, 1.807) is 27.7 Å². The molecule has 0 saturated carbocycles. The fourth-order valence-corrected chi connectivity index (χ4v) is 1.62. The summed E-state index contributed by atoms with van der Waals surface area (Å²) in [7, 11) is 1.85. The van der Waals surface area contributed by atoms with Crippen LogP contribution in [0.1, 0.15) is 11.1 Å². The lowest BCUT2D eigenvalue weighted by Crippen LogP contribution is -2.24. The van der Waals surface area contributed by atoms with Gasteiger partial charge in [-0.1, -0.05) is 6.07 Å². The molecule has 0 unspecified atom stereocenters. The first-order chi connectivity index (χ1) is 7.70. The van der Waals surface area contributed by atoms with Crippen molar-refractivity contribution in [3.05, 3.63) is 52.2 Å². The summed E-state index contributed by atoms with van der Waals surface area (Å²) in [4.78, 5) is 11.9. The summed E-state index contributed by atoms with van der Waals surface area (Å²) in [5.41, 5.74) is 7.08. The standard InChI is InChI=1S/C11H14N4O/c1-14-7-9(6-13-14)8-15-4-2-3-10(5-12)11(15)16/h2-4,6-7H,5,8,12H2,1H3. The fourth-order valence-electron chi connectivity index (χ4n) is 1.62. The molecule has 5 heteroatoms. The van der Waals surface area contributed by atoms with Gasteiger partial charge in [-0.2, -0.15) is 5.10 Å². The topological polar surface area (TPSA) is 65.8 Å². The van der Waals surface area contributed by atoms with E-state index >= 15 is 0 Å². The lowest BCUT2D eigenvalue weighted by molar-refractivity contribution is 0.738. The second kappa shape index (κ2) is 4.32. The predicted molar refractivity (Wildman–Crippen MR) is 60.9 cm³/mol. The average Bonchev–Trinajstić information content (AvgIpc) is 2.67. The van der Waals surface area contributed by atoms with Gasteiger partial charge in [-0.25, -0.2) is 0 Å². The van der Waals surface area contributed by atoms with E-state index < -0.39 is 0 Å². The highest BCUT2D eigenvalue weighted by Crippen LogP contribution is 1.99. The Morgan fingerprint density at radius 3 is 2.94 bits per heavy atom. The maximum atomic E-state index is 11.9. The van der Waals surface area contributed by atoms with Gasteiger partial charge in [0.2, 0.25) is 0 Å². The molecule has 0 aliphatic rings. The third-order valence-corrected chi connectivity index (χ3v) is 2.43. The number of rotatable bonds is 3. The molecule has 2 heterocycles. The smallest absolute Gasteiger partial charge is 0.255 e. The minimum Gasteiger partial charge on any atom is -0.326 e. The van der Waals surface area contributed by atoms with Crippen molar-refractivity contribution >= 4 is 0 Å². The Labute approximate surface area is 93.1 Å². The molecule has 0 spiro atoms. The van der Waals surface area contributed by atoms with E-state index in [9.17, 15) is 4.79 Å². The van der Waals surface area contributed by atoms with E-state index in [0.717, 1.165) is 5.56 Å². The van der Waals surface area contributed by atoms with Gasteiger partial charge in [0, 0.05) is 37.1 Å². The SMILES string of the molecule is Cn1cc(Cn2cccc(CN)c2=O)cn1. The van der Waals surface area contributed by atoms with Crippen LogP contribution >= 0.6 is 0 Å². The van der Waals surface area contributed by atoms with Crippen molar-refractivity contribution in [3.63, 3.8) is 0 Å². The molecular weight excluding hydrogens is 204 g/mol. The first-order valence-corrected chi connectivity index (χ1v) is 5.06. The largest absolute Gasteiger partial charge is 0.326 e. The molecule has 5 nitrogen and oxygen atoms in total. The number of hydrogen-bond acceptors (Lipinski definition) is 3. The van der Waals surface area contributed by atoms with Crippen molar-refractivity contribution in [1.29, 1.82) is 0 Å². The third kappa shape index (κ3) is 2.04. The van der Waals surface area contributed by atoms with Crippen molar-refractivity contribution in [2.24, 2.45) is 12.8 Å². The Morgan fingerprint density at radius 1 is 1.50 bits per heavy atom. The molecule has 0 aliphatic heterocycles. The van der Waals surface area contributed by atoms with Gasteiger partial charge in [0.1, 0.15) is 0 Å². The van der Waals surface area contributed by atoms with E-state index in [2.05, 4.69) is 5.10 Å². The Bertz CT molecular complexity index is 541. The summed E-state index contributed by atoms with van der Waals surface area (Å²) in [6.45, 7) is 0.799. The van der Waals surface area contributed by atoms with Gasteiger partial charge in [-0.15, -0.1) is 0 Å². The Hall–Kier alpha value is -1.88. The molecule has 2 N–H and O–H groups in total. The molecule has 0 aliphatic carbocycles. The number of hydrogen-bond donors (Lipinski definition) is 1. The van der Waals surface area contributed by atoms with Crippen LogP contribution in [0.4, 0.5) is 0 Å². The number of pyridine rings is 1. The van der Waals surface area contributed by atoms with Gasteiger partial charge in [-0.3, -0.25) is 9.48 Å². The average molecular weight is 218 g/mol. The molecule has 0 amide bonds. The lowest BCUT2D eigenvalue weighted by Gasteiger charge is -2.05. The number of aromatic nitrogens is 3. The molecule has 16 heavy (non-hydrogen) atoms. The highest BCUT2D eigenvalue weighted by molar-refractivity contribution is 5.12. The van der Waals surface area contributed by atoms with Crippen LogP contribution in [0.2, 0.25) is 0 Å². The van der Waals surface area contributed by atoms with Crippen molar-refractivity contribution in [1.82, 2.24) is 14.3 Å². The summed E-state index contributed by atoms with van der Waals surface area (Å²) in [6.07, 6.45) is 5.40. The van der Waals surface area contributed by atoms with E-state index in [-0.39, 0.29) is 12.1 Å². The van der Waals surface area contributed by atoms with Crippen LogP contribution in [-0.4, -0.2) is 14.3 Å². The van der Waals surface area contributed by atoms with Gasteiger partial charge >= 0.3 is 0 Å². The molecule has 0 aromatic carbocycles. The maximum absolute atomic E-state index is 11.9. The zero-order valence-electron chi connectivity index (χ0n) is 9.13. The van der Waals surface area contributed by atoms with Gasteiger partial charge in [0.05, 0.1) is 12.7 Å². The summed E-state index contributed by atoms with van der Waals surface area (Å²) < 4.78 is 3.35. The zero-order valence-corrected chi connectivity index (χ0v) is 9.13. The molecule has 0 atom stereocenters. The minimum atomic E-state index is -0.0335. The van der Waals surface area contributed by atoms with Gasteiger partial charge in [0.15, 0.2) is 0 Å². The highest BCUT2D eigenvalue weighted by Gasteiger charge is 2.03. The molecule has 2 aromatic rings. The highest BCUT2D eigenvalue weighted by atomic mass is 16.1. The fraction of sp³-hybridized carbons (Fsp3) is 0.273. The molecule has 0 bridgehead atoms. The molecule has 2 rings (SSSR count). The van der Waals surface area contributed by atoms with Gasteiger partial charge in [-0.05, 0) is 6.07 Å².